The van der Waals surface area contributed by atoms with Crippen LogP contribution in [0.1, 0.15) is 47.7 Å². The van der Waals surface area contributed by atoms with E-state index in [9.17, 15) is 4.79 Å². The number of unbranched alkanes of at least 4 members (excludes halogenated alkanes) is 1. The third-order valence-corrected chi connectivity index (χ3v) is 5.79. The lowest BCUT2D eigenvalue weighted by Gasteiger charge is -2.42. The van der Waals surface area contributed by atoms with Crippen LogP contribution in [-0.4, -0.2) is 59.7 Å². The van der Waals surface area contributed by atoms with Crippen LogP contribution < -0.4 is 5.73 Å². The summed E-state index contributed by atoms with van der Waals surface area (Å²) in [7, 11) is 0. The van der Waals surface area contributed by atoms with E-state index in [1.165, 1.54) is 18.4 Å². The van der Waals surface area contributed by atoms with Gasteiger partial charge in [-0.05, 0) is 37.5 Å². The van der Waals surface area contributed by atoms with Crippen LogP contribution in [0.3, 0.4) is 0 Å². The molecule has 1 amide bonds. The Kier molecular flexibility index (Phi) is 12.7. The zero-order valence-electron chi connectivity index (χ0n) is 16.7. The predicted molar refractivity (Wildman–Crippen MR) is 123 cm³/mol. The first-order chi connectivity index (χ1) is 12.0. The fourth-order valence-electron chi connectivity index (χ4n) is 3.54. The summed E-state index contributed by atoms with van der Waals surface area (Å²) in [5.41, 5.74) is 9.23. The minimum atomic E-state index is 0. The molecule has 0 spiro atoms. The van der Waals surface area contributed by atoms with E-state index in [4.69, 9.17) is 5.73 Å². The average molecular weight is 436 g/mol. The van der Waals surface area contributed by atoms with Crippen LogP contribution >= 0.6 is 37.4 Å². The van der Waals surface area contributed by atoms with Crippen molar-refractivity contribution in [1.82, 2.24) is 9.80 Å². The molecule has 2 rings (SSSR count). The topological polar surface area (TPSA) is 49.6 Å². The highest BCUT2D eigenvalue weighted by atomic mass is 35.5. The number of halogens is 2. The summed E-state index contributed by atoms with van der Waals surface area (Å²) in [4.78, 5) is 17.5. The quantitative estimate of drug-likeness (QED) is 0.641. The van der Waals surface area contributed by atoms with E-state index in [0.29, 0.717) is 11.8 Å². The van der Waals surface area contributed by atoms with Crippen molar-refractivity contribution in [1.29, 1.82) is 0 Å². The van der Waals surface area contributed by atoms with Crippen LogP contribution in [-0.2, 0) is 0 Å². The first-order valence-corrected chi connectivity index (χ1v) is 10.1. The summed E-state index contributed by atoms with van der Waals surface area (Å²) < 4.78 is 0. The van der Waals surface area contributed by atoms with Crippen molar-refractivity contribution in [2.45, 2.75) is 52.1 Å². The van der Waals surface area contributed by atoms with Gasteiger partial charge in [0, 0.05) is 49.6 Å². The Morgan fingerprint density at radius 1 is 1.30 bits per heavy atom. The maximum absolute atomic E-state index is 13.0. The van der Waals surface area contributed by atoms with Gasteiger partial charge in [0.25, 0.3) is 5.91 Å². The van der Waals surface area contributed by atoms with Crippen molar-refractivity contribution in [2.24, 2.45) is 5.73 Å². The van der Waals surface area contributed by atoms with E-state index >= 15 is 0 Å². The molecule has 156 valence electrons. The minimum Gasteiger partial charge on any atom is -0.336 e. The molecule has 1 fully saturated rings. The molecule has 1 aromatic rings. The molecule has 0 bridgehead atoms. The minimum absolute atomic E-state index is 0. The lowest BCUT2D eigenvalue weighted by Crippen LogP contribution is -2.57. The van der Waals surface area contributed by atoms with E-state index in [1.54, 1.807) is 0 Å². The van der Waals surface area contributed by atoms with E-state index in [0.717, 1.165) is 43.7 Å². The van der Waals surface area contributed by atoms with Crippen molar-refractivity contribution < 1.29 is 4.79 Å². The van der Waals surface area contributed by atoms with Crippen molar-refractivity contribution >= 4 is 43.4 Å². The molecule has 1 aromatic carbocycles. The molecular formula is C20H35Cl2N3OS. The van der Waals surface area contributed by atoms with Gasteiger partial charge in [0.15, 0.2) is 0 Å². The number of piperazine rings is 1. The molecular weight excluding hydrogens is 401 g/mol. The number of nitrogens with two attached hydrogens (primary N) is 1. The Labute approximate surface area is 182 Å². The van der Waals surface area contributed by atoms with Gasteiger partial charge in [0.05, 0.1) is 0 Å². The summed E-state index contributed by atoms with van der Waals surface area (Å²) in [6.45, 7) is 9.65. The molecule has 0 aromatic heterocycles. The van der Waals surface area contributed by atoms with Crippen molar-refractivity contribution in [3.05, 3.63) is 34.9 Å². The number of amides is 1. The number of thiol groups is 1. The highest BCUT2D eigenvalue weighted by Crippen LogP contribution is 2.20. The normalized spacial score (nSPS) is 18.4. The molecule has 2 N–H and O–H groups in total. The van der Waals surface area contributed by atoms with Crippen LogP contribution in [0.15, 0.2) is 18.2 Å². The molecule has 2 atom stereocenters. The number of hydrogen-bond donors (Lipinski definition) is 2. The van der Waals surface area contributed by atoms with Gasteiger partial charge in [-0.25, -0.2) is 0 Å². The Morgan fingerprint density at radius 2 is 2.00 bits per heavy atom. The highest BCUT2D eigenvalue weighted by molar-refractivity contribution is 7.80. The van der Waals surface area contributed by atoms with E-state index < -0.39 is 0 Å². The summed E-state index contributed by atoms with van der Waals surface area (Å²) >= 11 is 4.32. The van der Waals surface area contributed by atoms with Gasteiger partial charge in [0.2, 0.25) is 0 Å². The summed E-state index contributed by atoms with van der Waals surface area (Å²) in [6.07, 6.45) is 3.48. The number of aryl methyl sites for hydroxylation is 1. The molecule has 0 radical (unpaired) electrons. The maximum atomic E-state index is 13.0. The molecule has 7 heteroatoms. The predicted octanol–water partition coefficient (Wildman–Crippen LogP) is 3.72. The van der Waals surface area contributed by atoms with E-state index in [-0.39, 0.29) is 36.8 Å². The summed E-state index contributed by atoms with van der Waals surface area (Å²) in [6, 6.07) is 6.48. The fourth-order valence-corrected chi connectivity index (χ4v) is 3.66. The molecule has 1 saturated heterocycles. The number of benzene rings is 1. The number of carbonyl (C=O) groups is 1. The summed E-state index contributed by atoms with van der Waals surface area (Å²) in [5.74, 6) is 0.864. The third-order valence-electron chi connectivity index (χ3n) is 5.32. The van der Waals surface area contributed by atoms with Gasteiger partial charge in [-0.2, -0.15) is 12.6 Å². The molecule has 0 saturated carbocycles. The molecule has 1 aliphatic rings. The number of nitrogens with zero attached hydrogens (tertiary/aromatic N) is 2. The second kappa shape index (κ2) is 12.9. The summed E-state index contributed by atoms with van der Waals surface area (Å²) in [5, 5.41) is 0. The number of carbonyl (C=O) groups excluding carboxylic acids is 1. The molecule has 0 aliphatic carbocycles. The molecule has 4 nitrogen and oxygen atoms in total. The maximum Gasteiger partial charge on any atom is 0.254 e. The second-order valence-electron chi connectivity index (χ2n) is 7.23. The van der Waals surface area contributed by atoms with Crippen LogP contribution in [0, 0.1) is 13.8 Å². The highest BCUT2D eigenvalue weighted by Gasteiger charge is 2.30. The van der Waals surface area contributed by atoms with Crippen LogP contribution in [0.25, 0.3) is 0 Å². The van der Waals surface area contributed by atoms with Crippen molar-refractivity contribution in [3.8, 4) is 0 Å². The zero-order valence-corrected chi connectivity index (χ0v) is 19.2. The largest absolute Gasteiger partial charge is 0.336 e. The fraction of sp³-hybridized carbons (Fsp3) is 0.650. The van der Waals surface area contributed by atoms with Crippen LogP contribution in [0.2, 0.25) is 0 Å². The Balaban J connectivity index is 0.00000338. The smallest absolute Gasteiger partial charge is 0.254 e. The third kappa shape index (κ3) is 7.13. The Hall–Kier alpha value is -0.460. The number of rotatable bonds is 7. The van der Waals surface area contributed by atoms with Gasteiger partial charge in [0.1, 0.15) is 0 Å². The average Bonchev–Trinajstić information content (AvgIpc) is 2.62. The first-order valence-electron chi connectivity index (χ1n) is 9.43. The lowest BCUT2D eigenvalue weighted by molar-refractivity contribution is 0.0447. The second-order valence-corrected chi connectivity index (χ2v) is 7.60. The van der Waals surface area contributed by atoms with E-state index in [2.05, 4.69) is 37.4 Å². The van der Waals surface area contributed by atoms with Gasteiger partial charge in [-0.1, -0.05) is 31.9 Å². The molecule has 27 heavy (non-hydrogen) atoms. The Morgan fingerprint density at radius 3 is 2.63 bits per heavy atom. The molecule has 1 unspecified atom stereocenters. The van der Waals surface area contributed by atoms with Gasteiger partial charge >= 0.3 is 0 Å². The molecule has 1 aliphatic heterocycles. The molecule has 1 heterocycles. The monoisotopic (exact) mass is 435 g/mol. The van der Waals surface area contributed by atoms with Gasteiger partial charge < -0.3 is 10.6 Å². The van der Waals surface area contributed by atoms with E-state index in [1.807, 2.05) is 24.0 Å². The SMILES string of the molecule is CCCCC1CN(C(=O)c2cccc(C)c2C)CCN1C[C@@H](N)CS.Cl.Cl. The standard InChI is InChI=1S/C20H33N3OS.2ClH/c1-4-5-8-18-13-23(11-10-22(18)12-17(21)14-25)20(24)19-9-6-7-15(2)16(19)3;;/h6-7,9,17-18,25H,4-5,8,10-14,21H2,1-3H3;2*1H/t17-,18?;;/m1../s1. The first kappa shape index (κ1) is 26.5. The lowest BCUT2D eigenvalue weighted by atomic mass is 10.00. The number of hydrogen-bond acceptors (Lipinski definition) is 4. The van der Waals surface area contributed by atoms with Gasteiger partial charge in [-0.3, -0.25) is 9.69 Å². The van der Waals surface area contributed by atoms with Crippen molar-refractivity contribution in [2.75, 3.05) is 31.9 Å². The van der Waals surface area contributed by atoms with Crippen molar-refractivity contribution in [3.63, 3.8) is 0 Å². The van der Waals surface area contributed by atoms with Gasteiger partial charge in [-0.15, -0.1) is 24.8 Å². The van der Waals surface area contributed by atoms with Crippen LogP contribution in [0.4, 0.5) is 0 Å². The Bertz CT molecular complexity index is 588. The zero-order chi connectivity index (χ0) is 18.4. The van der Waals surface area contributed by atoms with Crippen LogP contribution in [0.5, 0.6) is 0 Å².